The molecule has 0 bridgehead atoms. The van der Waals surface area contributed by atoms with Gasteiger partial charge in [-0.25, -0.2) is 0 Å². The molecular weight excluding hydrogens is 88.1 g/mol. The van der Waals surface area contributed by atoms with Gasteiger partial charge in [-0.3, -0.25) is 4.99 Å². The maximum absolute atomic E-state index is 6.63. The molecule has 0 aromatic carbocycles. The first-order chi connectivity index (χ1) is 3.35. The molecule has 0 saturated carbocycles. The first-order valence-corrected chi connectivity index (χ1v) is 1.95. The number of rotatable bonds is 2. The van der Waals surface area contributed by atoms with Gasteiger partial charge >= 0.3 is 0 Å². The van der Waals surface area contributed by atoms with Crippen LogP contribution in [0, 0.1) is 5.41 Å². The summed E-state index contributed by atoms with van der Waals surface area (Å²) in [5.74, 6) is 0. The second-order valence-electron chi connectivity index (χ2n) is 0.997. The maximum Gasteiger partial charge on any atom is 0.0740 e. The van der Waals surface area contributed by atoms with Gasteiger partial charge in [0.05, 0.1) is 5.71 Å². The minimum absolute atomic E-state index is 0.611. The lowest BCUT2D eigenvalue weighted by molar-refractivity contribution is 1.46. The third-order valence-corrected chi connectivity index (χ3v) is 0.615. The van der Waals surface area contributed by atoms with Crippen LogP contribution in [0.2, 0.25) is 0 Å². The van der Waals surface area contributed by atoms with Gasteiger partial charge in [0.2, 0.25) is 0 Å². The third-order valence-electron chi connectivity index (χ3n) is 0.615. The van der Waals surface area contributed by atoms with Gasteiger partial charge in [0.1, 0.15) is 0 Å². The predicted molar refractivity (Wildman–Crippen MR) is 32.3 cm³/mol. The standard InChI is InChI=1S/C5H8N2/c1-3-5(4-6)7-2/h3-4,6H,1H2,2H3/b6-4?,7-5+. The fourth-order valence-corrected chi connectivity index (χ4v) is 0.215. The van der Waals surface area contributed by atoms with Gasteiger partial charge in [-0.15, -0.1) is 0 Å². The molecule has 7 heavy (non-hydrogen) atoms. The van der Waals surface area contributed by atoms with E-state index in [1.165, 1.54) is 6.08 Å². The van der Waals surface area contributed by atoms with E-state index in [9.17, 15) is 0 Å². The summed E-state index contributed by atoms with van der Waals surface area (Å²) in [6.07, 6.45) is 2.69. The van der Waals surface area contributed by atoms with E-state index < -0.39 is 0 Å². The van der Waals surface area contributed by atoms with Gasteiger partial charge in [-0.2, -0.15) is 0 Å². The van der Waals surface area contributed by atoms with Crippen molar-refractivity contribution in [2.24, 2.45) is 4.99 Å². The monoisotopic (exact) mass is 96.1 g/mol. The van der Waals surface area contributed by atoms with Crippen molar-refractivity contribution in [3.05, 3.63) is 12.7 Å². The summed E-state index contributed by atoms with van der Waals surface area (Å²) >= 11 is 0. The van der Waals surface area contributed by atoms with E-state index in [0.29, 0.717) is 5.71 Å². The van der Waals surface area contributed by atoms with E-state index in [1.54, 1.807) is 7.05 Å². The highest BCUT2D eigenvalue weighted by Crippen LogP contribution is 1.68. The van der Waals surface area contributed by atoms with Crippen LogP contribution in [-0.2, 0) is 0 Å². The van der Waals surface area contributed by atoms with Gasteiger partial charge < -0.3 is 5.41 Å². The van der Waals surface area contributed by atoms with E-state index in [0.717, 1.165) is 6.21 Å². The molecule has 0 spiro atoms. The molecule has 38 valence electrons. The van der Waals surface area contributed by atoms with Crippen LogP contribution in [-0.4, -0.2) is 19.0 Å². The molecule has 0 unspecified atom stereocenters. The fourth-order valence-electron chi connectivity index (χ4n) is 0.215. The van der Waals surface area contributed by atoms with Crippen LogP contribution in [0.1, 0.15) is 0 Å². The predicted octanol–water partition coefficient (Wildman–Crippen LogP) is 0.893. The Balaban J connectivity index is 3.85. The van der Waals surface area contributed by atoms with Crippen molar-refractivity contribution >= 4 is 11.9 Å². The van der Waals surface area contributed by atoms with Crippen LogP contribution in [0.3, 0.4) is 0 Å². The normalized spacial score (nSPS) is 10.7. The summed E-state index contributed by atoms with van der Waals surface area (Å²) in [7, 11) is 1.63. The second kappa shape index (κ2) is 3.28. The number of allylic oxidation sites excluding steroid dienone is 1. The molecule has 0 saturated heterocycles. The van der Waals surface area contributed by atoms with E-state index in [-0.39, 0.29) is 0 Å². The highest BCUT2D eigenvalue weighted by atomic mass is 14.7. The molecule has 0 heterocycles. The summed E-state index contributed by atoms with van der Waals surface area (Å²) in [4.78, 5) is 3.68. The smallest absolute Gasteiger partial charge is 0.0740 e. The zero-order valence-corrected chi connectivity index (χ0v) is 4.31. The Hall–Kier alpha value is -0.920. The van der Waals surface area contributed by atoms with E-state index in [4.69, 9.17) is 5.41 Å². The summed E-state index contributed by atoms with van der Waals surface area (Å²) < 4.78 is 0. The Morgan fingerprint density at radius 1 is 1.86 bits per heavy atom. The molecule has 2 heteroatoms. The quantitative estimate of drug-likeness (QED) is 0.496. The lowest BCUT2D eigenvalue weighted by atomic mass is 10.4. The van der Waals surface area contributed by atoms with Crippen LogP contribution in [0.15, 0.2) is 17.6 Å². The van der Waals surface area contributed by atoms with Crippen molar-refractivity contribution in [3.8, 4) is 0 Å². The molecule has 0 aliphatic rings. The zero-order valence-electron chi connectivity index (χ0n) is 4.31. The van der Waals surface area contributed by atoms with Gasteiger partial charge in [-0.05, 0) is 6.08 Å². The summed E-state index contributed by atoms with van der Waals surface area (Å²) in [6.45, 7) is 3.42. The number of nitrogens with zero attached hydrogens (tertiary/aromatic N) is 1. The molecule has 0 radical (unpaired) electrons. The zero-order chi connectivity index (χ0) is 5.70. The van der Waals surface area contributed by atoms with Crippen molar-refractivity contribution in [1.82, 2.24) is 0 Å². The third kappa shape index (κ3) is 1.87. The minimum Gasteiger partial charge on any atom is -0.307 e. The van der Waals surface area contributed by atoms with Crippen molar-refractivity contribution in [3.63, 3.8) is 0 Å². The number of nitrogens with one attached hydrogen (secondary N) is 1. The van der Waals surface area contributed by atoms with E-state index >= 15 is 0 Å². The molecule has 2 nitrogen and oxygen atoms in total. The average molecular weight is 96.1 g/mol. The van der Waals surface area contributed by atoms with Crippen molar-refractivity contribution in [2.45, 2.75) is 0 Å². The molecule has 0 fully saturated rings. The van der Waals surface area contributed by atoms with Gasteiger partial charge in [-0.1, -0.05) is 6.58 Å². The first kappa shape index (κ1) is 6.08. The molecule has 1 N–H and O–H groups in total. The molecular formula is C5H8N2. The van der Waals surface area contributed by atoms with E-state index in [1.807, 2.05) is 0 Å². The van der Waals surface area contributed by atoms with Crippen molar-refractivity contribution < 1.29 is 0 Å². The van der Waals surface area contributed by atoms with Crippen molar-refractivity contribution in [1.29, 1.82) is 5.41 Å². The lowest BCUT2D eigenvalue weighted by Crippen LogP contribution is -1.90. The Morgan fingerprint density at radius 2 is 2.43 bits per heavy atom. The molecule has 0 aliphatic heterocycles. The fraction of sp³-hybridized carbons (Fsp3) is 0.200. The largest absolute Gasteiger partial charge is 0.307 e. The highest BCUT2D eigenvalue weighted by molar-refractivity contribution is 6.34. The molecule has 0 aromatic rings. The van der Waals surface area contributed by atoms with Crippen LogP contribution >= 0.6 is 0 Å². The number of hydrogen-bond acceptors (Lipinski definition) is 2. The Bertz CT molecular complexity index is 92.6. The average Bonchev–Trinajstić information content (AvgIpc) is 1.72. The second-order valence-corrected chi connectivity index (χ2v) is 0.997. The van der Waals surface area contributed by atoms with Crippen LogP contribution in [0.5, 0.6) is 0 Å². The molecule has 0 amide bonds. The van der Waals surface area contributed by atoms with Crippen LogP contribution in [0.25, 0.3) is 0 Å². The first-order valence-electron chi connectivity index (χ1n) is 1.95. The molecule has 0 atom stereocenters. The summed E-state index contributed by atoms with van der Waals surface area (Å²) in [6, 6.07) is 0. The Kier molecular flexibility index (Phi) is 2.85. The SMILES string of the molecule is C=C/C(C=N)=N\C. The maximum atomic E-state index is 6.63. The number of hydrogen-bond donors (Lipinski definition) is 1. The summed E-state index contributed by atoms with van der Waals surface area (Å²) in [5.41, 5.74) is 0.611. The van der Waals surface area contributed by atoms with Crippen LogP contribution < -0.4 is 0 Å². The topological polar surface area (TPSA) is 36.2 Å². The minimum atomic E-state index is 0.611. The van der Waals surface area contributed by atoms with Gasteiger partial charge in [0.25, 0.3) is 0 Å². The van der Waals surface area contributed by atoms with E-state index in [2.05, 4.69) is 11.6 Å². The van der Waals surface area contributed by atoms with Gasteiger partial charge in [0.15, 0.2) is 0 Å². The van der Waals surface area contributed by atoms with Gasteiger partial charge in [0, 0.05) is 13.3 Å². The van der Waals surface area contributed by atoms with Crippen LogP contribution in [0.4, 0.5) is 0 Å². The van der Waals surface area contributed by atoms with Crippen molar-refractivity contribution in [2.75, 3.05) is 7.05 Å². The molecule has 0 aliphatic carbocycles. The molecule has 0 rings (SSSR count). The molecule has 0 aromatic heterocycles. The Morgan fingerprint density at radius 3 is 2.43 bits per heavy atom. The number of aliphatic imine (C=N–C) groups is 1. The summed E-state index contributed by atoms with van der Waals surface area (Å²) in [5, 5.41) is 6.63. The Labute approximate surface area is 43.1 Å². The lowest BCUT2D eigenvalue weighted by Gasteiger charge is -1.80. The highest BCUT2D eigenvalue weighted by Gasteiger charge is 1.76.